The first-order valence-corrected chi connectivity index (χ1v) is 8.70. The van der Waals surface area contributed by atoms with Crippen LogP contribution < -0.4 is 10.6 Å². The maximum atomic E-state index is 4.65. The molecule has 126 valence electrons. The molecule has 0 amide bonds. The Morgan fingerprint density at radius 1 is 1.09 bits per heavy atom. The van der Waals surface area contributed by atoms with Crippen molar-refractivity contribution in [3.63, 3.8) is 0 Å². The standard InChI is InChI=1S/C16H32N6/c1-4-7-9-11-18-16(17-10-8-5-2)19-12-13-22-14-20-21-15(22)6-3/h14H,4-13H2,1-3H3,(H2,17,18,19). The fourth-order valence-electron chi connectivity index (χ4n) is 2.14. The van der Waals surface area contributed by atoms with E-state index in [1.807, 2.05) is 0 Å². The summed E-state index contributed by atoms with van der Waals surface area (Å²) < 4.78 is 2.09. The lowest BCUT2D eigenvalue weighted by atomic mass is 10.2. The Hall–Kier alpha value is -1.59. The summed E-state index contributed by atoms with van der Waals surface area (Å²) in [4.78, 5) is 4.65. The van der Waals surface area contributed by atoms with Gasteiger partial charge in [0.2, 0.25) is 0 Å². The first-order chi connectivity index (χ1) is 10.8. The molecule has 0 saturated carbocycles. The molecule has 0 aliphatic rings. The number of nitrogens with one attached hydrogen (secondary N) is 2. The Morgan fingerprint density at radius 2 is 1.86 bits per heavy atom. The highest BCUT2D eigenvalue weighted by atomic mass is 15.3. The molecule has 1 aromatic rings. The van der Waals surface area contributed by atoms with Gasteiger partial charge in [-0.15, -0.1) is 10.2 Å². The predicted octanol–water partition coefficient (Wildman–Crippen LogP) is 2.37. The summed E-state index contributed by atoms with van der Waals surface area (Å²) in [6.45, 7) is 10.1. The summed E-state index contributed by atoms with van der Waals surface area (Å²) >= 11 is 0. The minimum absolute atomic E-state index is 0.830. The zero-order chi connectivity index (χ0) is 16.0. The second-order valence-electron chi connectivity index (χ2n) is 5.44. The minimum atomic E-state index is 0.830. The summed E-state index contributed by atoms with van der Waals surface area (Å²) in [5, 5.41) is 14.9. The normalized spacial score (nSPS) is 11.7. The van der Waals surface area contributed by atoms with E-state index < -0.39 is 0 Å². The van der Waals surface area contributed by atoms with Crippen molar-refractivity contribution in [3.05, 3.63) is 12.2 Å². The maximum Gasteiger partial charge on any atom is 0.191 e. The van der Waals surface area contributed by atoms with Gasteiger partial charge in [0.1, 0.15) is 12.2 Å². The molecule has 0 radical (unpaired) electrons. The molecule has 1 rings (SSSR count). The number of nitrogens with zero attached hydrogens (tertiary/aromatic N) is 4. The fraction of sp³-hybridized carbons (Fsp3) is 0.812. The van der Waals surface area contributed by atoms with Crippen molar-refractivity contribution < 1.29 is 0 Å². The third-order valence-corrected chi connectivity index (χ3v) is 3.51. The van der Waals surface area contributed by atoms with Gasteiger partial charge in [0.15, 0.2) is 5.96 Å². The lowest BCUT2D eigenvalue weighted by Gasteiger charge is -2.13. The van der Waals surface area contributed by atoms with Crippen LogP contribution in [0.15, 0.2) is 11.3 Å². The van der Waals surface area contributed by atoms with E-state index in [0.717, 1.165) is 50.8 Å². The summed E-state index contributed by atoms with van der Waals surface area (Å²) in [5.41, 5.74) is 0. The van der Waals surface area contributed by atoms with E-state index in [9.17, 15) is 0 Å². The zero-order valence-corrected chi connectivity index (χ0v) is 14.4. The van der Waals surface area contributed by atoms with Crippen molar-refractivity contribution in [3.8, 4) is 0 Å². The van der Waals surface area contributed by atoms with Crippen LogP contribution in [0.2, 0.25) is 0 Å². The molecule has 0 unspecified atom stereocenters. The van der Waals surface area contributed by atoms with E-state index in [-0.39, 0.29) is 0 Å². The van der Waals surface area contributed by atoms with E-state index in [2.05, 4.69) is 51.2 Å². The van der Waals surface area contributed by atoms with Crippen molar-refractivity contribution in [2.75, 3.05) is 19.6 Å². The topological polar surface area (TPSA) is 67.1 Å². The van der Waals surface area contributed by atoms with Crippen LogP contribution in [0, 0.1) is 0 Å². The molecular weight excluding hydrogens is 276 g/mol. The first-order valence-electron chi connectivity index (χ1n) is 8.70. The predicted molar refractivity (Wildman–Crippen MR) is 92.1 cm³/mol. The van der Waals surface area contributed by atoms with Crippen LogP contribution >= 0.6 is 0 Å². The Bertz CT molecular complexity index is 413. The van der Waals surface area contributed by atoms with Gasteiger partial charge in [0, 0.05) is 32.6 Å². The molecule has 0 spiro atoms. The highest BCUT2D eigenvalue weighted by Crippen LogP contribution is 1.96. The van der Waals surface area contributed by atoms with Gasteiger partial charge in [0.25, 0.3) is 0 Å². The van der Waals surface area contributed by atoms with E-state index in [0.29, 0.717) is 0 Å². The van der Waals surface area contributed by atoms with E-state index >= 15 is 0 Å². The van der Waals surface area contributed by atoms with E-state index in [4.69, 9.17) is 0 Å². The van der Waals surface area contributed by atoms with E-state index in [1.54, 1.807) is 6.33 Å². The highest BCUT2D eigenvalue weighted by Gasteiger charge is 2.02. The summed E-state index contributed by atoms with van der Waals surface area (Å²) in [6, 6.07) is 0. The molecule has 0 aromatic carbocycles. The van der Waals surface area contributed by atoms with Crippen LogP contribution in [0.5, 0.6) is 0 Å². The Morgan fingerprint density at radius 3 is 2.59 bits per heavy atom. The van der Waals surface area contributed by atoms with Crippen molar-refractivity contribution in [2.24, 2.45) is 4.99 Å². The molecule has 0 atom stereocenters. The van der Waals surface area contributed by atoms with Crippen molar-refractivity contribution in [1.82, 2.24) is 25.4 Å². The average Bonchev–Trinajstić information content (AvgIpc) is 2.98. The number of unbranched alkanes of at least 4 members (excludes halogenated alkanes) is 3. The van der Waals surface area contributed by atoms with Crippen molar-refractivity contribution in [2.45, 2.75) is 65.8 Å². The van der Waals surface area contributed by atoms with Gasteiger partial charge in [-0.3, -0.25) is 4.99 Å². The number of aromatic nitrogens is 3. The van der Waals surface area contributed by atoms with Crippen LogP contribution in [0.1, 0.15) is 58.7 Å². The van der Waals surface area contributed by atoms with Gasteiger partial charge in [-0.05, 0) is 12.8 Å². The van der Waals surface area contributed by atoms with Crippen LogP contribution in [-0.2, 0) is 13.0 Å². The number of guanidine groups is 1. The molecule has 0 aliphatic carbocycles. The summed E-state index contributed by atoms with van der Waals surface area (Å²) in [6.07, 6.45) is 8.69. The van der Waals surface area contributed by atoms with Gasteiger partial charge >= 0.3 is 0 Å². The second-order valence-corrected chi connectivity index (χ2v) is 5.44. The lowest BCUT2D eigenvalue weighted by molar-refractivity contribution is 0.627. The summed E-state index contributed by atoms with van der Waals surface area (Å²) in [5.74, 6) is 1.96. The lowest BCUT2D eigenvalue weighted by Crippen LogP contribution is -2.39. The largest absolute Gasteiger partial charge is 0.356 e. The number of rotatable bonds is 11. The molecule has 6 nitrogen and oxygen atoms in total. The van der Waals surface area contributed by atoms with Crippen LogP contribution in [-0.4, -0.2) is 40.4 Å². The summed E-state index contributed by atoms with van der Waals surface area (Å²) in [7, 11) is 0. The monoisotopic (exact) mass is 308 g/mol. The van der Waals surface area contributed by atoms with Gasteiger partial charge in [-0.25, -0.2) is 0 Å². The van der Waals surface area contributed by atoms with Gasteiger partial charge in [-0.1, -0.05) is 40.0 Å². The zero-order valence-electron chi connectivity index (χ0n) is 14.4. The molecule has 0 fully saturated rings. The Labute approximate surface area is 134 Å². The number of aryl methyl sites for hydroxylation is 1. The van der Waals surface area contributed by atoms with Crippen molar-refractivity contribution >= 4 is 5.96 Å². The minimum Gasteiger partial charge on any atom is -0.356 e. The molecule has 0 bridgehead atoms. The molecule has 1 heterocycles. The third-order valence-electron chi connectivity index (χ3n) is 3.51. The van der Waals surface area contributed by atoms with Gasteiger partial charge in [-0.2, -0.15) is 0 Å². The van der Waals surface area contributed by atoms with Crippen LogP contribution in [0.4, 0.5) is 0 Å². The van der Waals surface area contributed by atoms with Gasteiger partial charge in [0.05, 0.1) is 0 Å². The fourth-order valence-corrected chi connectivity index (χ4v) is 2.14. The average molecular weight is 308 g/mol. The van der Waals surface area contributed by atoms with Gasteiger partial charge < -0.3 is 15.2 Å². The highest BCUT2D eigenvalue weighted by molar-refractivity contribution is 5.79. The van der Waals surface area contributed by atoms with Crippen LogP contribution in [0.25, 0.3) is 0 Å². The maximum absolute atomic E-state index is 4.65. The second kappa shape index (κ2) is 12.0. The molecule has 0 aliphatic heterocycles. The quantitative estimate of drug-likeness (QED) is 0.374. The Kier molecular flexibility index (Phi) is 10.1. The number of hydrogen-bond acceptors (Lipinski definition) is 3. The number of aliphatic imine (C=N–C) groups is 1. The molecule has 2 N–H and O–H groups in total. The smallest absolute Gasteiger partial charge is 0.191 e. The SMILES string of the molecule is CCCCCN=C(NCCCC)NCCn1cnnc1CC. The Balaban J connectivity index is 2.38. The molecular formula is C16H32N6. The molecule has 1 aromatic heterocycles. The number of hydrogen-bond donors (Lipinski definition) is 2. The third kappa shape index (κ3) is 7.43. The molecule has 0 saturated heterocycles. The molecule has 22 heavy (non-hydrogen) atoms. The van der Waals surface area contributed by atoms with Crippen molar-refractivity contribution in [1.29, 1.82) is 0 Å². The van der Waals surface area contributed by atoms with E-state index in [1.165, 1.54) is 25.7 Å². The molecule has 6 heteroatoms. The first kappa shape index (κ1) is 18.5. The van der Waals surface area contributed by atoms with Crippen LogP contribution in [0.3, 0.4) is 0 Å².